The maximum atomic E-state index is 12.9. The molecule has 0 saturated carbocycles. The van der Waals surface area contributed by atoms with E-state index in [0.717, 1.165) is 34.3 Å². The number of aromatic nitrogens is 2. The summed E-state index contributed by atoms with van der Waals surface area (Å²) >= 11 is 5.28. The van der Waals surface area contributed by atoms with Crippen LogP contribution in [-0.4, -0.2) is 20.9 Å². The van der Waals surface area contributed by atoms with Gasteiger partial charge < -0.3 is 20.9 Å². The van der Waals surface area contributed by atoms with E-state index in [2.05, 4.69) is 25.9 Å². The predicted molar refractivity (Wildman–Crippen MR) is 136 cm³/mol. The van der Waals surface area contributed by atoms with Crippen LogP contribution >= 0.6 is 12.2 Å². The molecule has 35 heavy (non-hydrogen) atoms. The number of thiocarbonyl (C=S) groups is 1. The number of Topliss-reactive ketones (excluding diaryl/α,β-unsaturated/α-hetero) is 1. The molecule has 4 rings (SSSR count). The van der Waals surface area contributed by atoms with Gasteiger partial charge in [0.15, 0.2) is 10.9 Å². The summed E-state index contributed by atoms with van der Waals surface area (Å²) < 4.78 is 38.8. The Labute approximate surface area is 205 Å². The van der Waals surface area contributed by atoms with Gasteiger partial charge in [0.05, 0.1) is 23.1 Å². The Morgan fingerprint density at radius 1 is 1.03 bits per heavy atom. The number of carbonyl (C=O) groups excluding carboxylic acids is 1. The highest BCUT2D eigenvalue weighted by molar-refractivity contribution is 7.80. The lowest BCUT2D eigenvalue weighted by molar-refractivity contribution is -0.137. The van der Waals surface area contributed by atoms with Crippen LogP contribution in [0.3, 0.4) is 0 Å². The number of fused-ring (bicyclic) bond motifs is 1. The Morgan fingerprint density at radius 3 is 2.49 bits per heavy atom. The average molecular weight is 498 g/mol. The van der Waals surface area contributed by atoms with Crippen molar-refractivity contribution in [2.75, 3.05) is 16.0 Å². The van der Waals surface area contributed by atoms with Crippen molar-refractivity contribution in [3.63, 3.8) is 0 Å². The summed E-state index contributed by atoms with van der Waals surface area (Å²) in [6, 6.07) is 14.2. The van der Waals surface area contributed by atoms with Gasteiger partial charge >= 0.3 is 6.18 Å². The van der Waals surface area contributed by atoms with Crippen molar-refractivity contribution in [3.8, 4) is 0 Å². The van der Waals surface area contributed by atoms with E-state index in [9.17, 15) is 18.0 Å². The van der Waals surface area contributed by atoms with Crippen LogP contribution in [0.1, 0.15) is 34.1 Å². The summed E-state index contributed by atoms with van der Waals surface area (Å²) in [6.45, 7) is 3.98. The van der Waals surface area contributed by atoms with Gasteiger partial charge in [-0.05, 0) is 72.7 Å². The number of alkyl halides is 3. The SMILES string of the molecule is CC(=O)c1cc2cc(NCc3cc(NC(=S)Nc4cccc(C(F)(F)F)c4)ccc3C)cnc2[nH]1. The minimum Gasteiger partial charge on any atom is -0.380 e. The van der Waals surface area contributed by atoms with Gasteiger partial charge in [0, 0.05) is 30.2 Å². The van der Waals surface area contributed by atoms with Gasteiger partial charge in [0.1, 0.15) is 5.65 Å². The van der Waals surface area contributed by atoms with Crippen LogP contribution in [0.25, 0.3) is 11.0 Å². The number of hydrogen-bond donors (Lipinski definition) is 4. The molecule has 0 bridgehead atoms. The van der Waals surface area contributed by atoms with E-state index >= 15 is 0 Å². The Morgan fingerprint density at radius 2 is 1.77 bits per heavy atom. The van der Waals surface area contributed by atoms with Crippen LogP contribution in [0.4, 0.5) is 30.2 Å². The Balaban J connectivity index is 1.42. The monoisotopic (exact) mass is 497 g/mol. The second-order valence-electron chi connectivity index (χ2n) is 8.05. The molecular weight excluding hydrogens is 475 g/mol. The van der Waals surface area contributed by atoms with Gasteiger partial charge in [-0.25, -0.2) is 4.98 Å². The van der Waals surface area contributed by atoms with E-state index in [0.29, 0.717) is 23.6 Å². The number of ketones is 1. The van der Waals surface area contributed by atoms with Crippen LogP contribution in [0.2, 0.25) is 0 Å². The molecule has 0 radical (unpaired) electrons. The molecular formula is C25H22F3N5OS. The summed E-state index contributed by atoms with van der Waals surface area (Å²) in [5.74, 6) is -0.0575. The van der Waals surface area contributed by atoms with Gasteiger partial charge in [-0.2, -0.15) is 13.2 Å². The molecule has 6 nitrogen and oxygen atoms in total. The molecule has 0 spiro atoms. The zero-order chi connectivity index (χ0) is 25.2. The number of nitrogens with zero attached hydrogens (tertiary/aromatic N) is 1. The molecule has 0 fully saturated rings. The molecule has 0 saturated heterocycles. The standard InChI is InChI=1S/C25H22F3N5OS/c1-14-6-7-20(32-24(35)31-19-5-3-4-18(11-19)25(26,27)28)9-17(14)12-29-21-8-16-10-22(15(2)34)33-23(16)30-13-21/h3-11,13,29H,12H2,1-2H3,(H,30,33)(H2,31,32,35). The highest BCUT2D eigenvalue weighted by Gasteiger charge is 2.30. The summed E-state index contributed by atoms with van der Waals surface area (Å²) in [4.78, 5) is 18.9. The third-order valence-corrected chi connectivity index (χ3v) is 5.59. The normalized spacial score (nSPS) is 11.3. The molecule has 10 heteroatoms. The Bertz CT molecular complexity index is 1410. The minimum atomic E-state index is -4.43. The first-order chi connectivity index (χ1) is 16.6. The third kappa shape index (κ3) is 5.96. The van der Waals surface area contributed by atoms with Gasteiger partial charge in [-0.1, -0.05) is 12.1 Å². The molecule has 0 amide bonds. The molecule has 0 aliphatic carbocycles. The van der Waals surface area contributed by atoms with Crippen molar-refractivity contribution in [1.29, 1.82) is 0 Å². The molecule has 0 aliphatic rings. The molecule has 2 aromatic carbocycles. The number of aromatic amines is 1. The van der Waals surface area contributed by atoms with E-state index in [1.54, 1.807) is 12.3 Å². The lowest BCUT2D eigenvalue weighted by atomic mass is 10.1. The zero-order valence-electron chi connectivity index (χ0n) is 18.9. The number of halogens is 3. The topological polar surface area (TPSA) is 81.8 Å². The molecule has 0 unspecified atom stereocenters. The average Bonchev–Trinajstić information content (AvgIpc) is 3.23. The van der Waals surface area contributed by atoms with Crippen molar-refractivity contribution in [1.82, 2.24) is 9.97 Å². The molecule has 180 valence electrons. The first-order valence-corrected chi connectivity index (χ1v) is 11.1. The van der Waals surface area contributed by atoms with E-state index in [-0.39, 0.29) is 16.6 Å². The quantitative estimate of drug-likeness (QED) is 0.180. The molecule has 2 heterocycles. The van der Waals surface area contributed by atoms with Crippen LogP contribution in [0.15, 0.2) is 60.8 Å². The summed E-state index contributed by atoms with van der Waals surface area (Å²) in [6.07, 6.45) is -2.74. The maximum Gasteiger partial charge on any atom is 0.416 e. The van der Waals surface area contributed by atoms with E-state index < -0.39 is 11.7 Å². The fourth-order valence-electron chi connectivity index (χ4n) is 3.51. The van der Waals surface area contributed by atoms with Crippen LogP contribution in [-0.2, 0) is 12.7 Å². The van der Waals surface area contributed by atoms with E-state index in [1.807, 2.05) is 31.2 Å². The van der Waals surface area contributed by atoms with Crippen molar-refractivity contribution >= 4 is 51.2 Å². The largest absolute Gasteiger partial charge is 0.416 e. The number of nitrogens with one attached hydrogen (secondary N) is 4. The van der Waals surface area contributed by atoms with E-state index in [4.69, 9.17) is 12.2 Å². The fourth-order valence-corrected chi connectivity index (χ4v) is 3.74. The number of hydrogen-bond acceptors (Lipinski definition) is 4. The van der Waals surface area contributed by atoms with Crippen molar-refractivity contribution in [2.24, 2.45) is 0 Å². The van der Waals surface area contributed by atoms with E-state index in [1.165, 1.54) is 19.1 Å². The fraction of sp³-hybridized carbons (Fsp3) is 0.160. The Hall–Kier alpha value is -3.92. The number of benzene rings is 2. The number of anilines is 3. The van der Waals surface area contributed by atoms with Crippen LogP contribution in [0.5, 0.6) is 0 Å². The molecule has 0 atom stereocenters. The summed E-state index contributed by atoms with van der Waals surface area (Å²) in [5, 5.41) is 10.1. The zero-order valence-corrected chi connectivity index (χ0v) is 19.7. The molecule has 0 aliphatic heterocycles. The van der Waals surface area contributed by atoms with Crippen molar-refractivity contribution in [2.45, 2.75) is 26.6 Å². The highest BCUT2D eigenvalue weighted by Crippen LogP contribution is 2.30. The minimum absolute atomic E-state index is 0.0575. The van der Waals surface area contributed by atoms with Crippen LogP contribution in [0, 0.1) is 6.92 Å². The lowest BCUT2D eigenvalue weighted by Crippen LogP contribution is -2.19. The summed E-state index contributed by atoms with van der Waals surface area (Å²) in [7, 11) is 0. The third-order valence-electron chi connectivity index (χ3n) is 5.39. The number of pyridine rings is 1. The van der Waals surface area contributed by atoms with Crippen LogP contribution < -0.4 is 16.0 Å². The molecule has 4 aromatic rings. The van der Waals surface area contributed by atoms with Gasteiger partial charge in [-0.15, -0.1) is 0 Å². The number of H-pyrrole nitrogens is 1. The Kier molecular flexibility index (Phi) is 6.74. The van der Waals surface area contributed by atoms with Crippen molar-refractivity contribution in [3.05, 3.63) is 83.2 Å². The first kappa shape index (κ1) is 24.2. The molecule has 4 N–H and O–H groups in total. The van der Waals surface area contributed by atoms with Gasteiger partial charge in [0.25, 0.3) is 0 Å². The first-order valence-electron chi connectivity index (χ1n) is 10.7. The lowest BCUT2D eigenvalue weighted by Gasteiger charge is -2.15. The summed E-state index contributed by atoms with van der Waals surface area (Å²) in [5.41, 5.74) is 4.18. The molecule has 2 aromatic heterocycles. The predicted octanol–water partition coefficient (Wildman–Crippen LogP) is 6.51. The smallest absolute Gasteiger partial charge is 0.380 e. The number of rotatable bonds is 6. The number of aryl methyl sites for hydroxylation is 1. The van der Waals surface area contributed by atoms with Gasteiger partial charge in [0.2, 0.25) is 0 Å². The van der Waals surface area contributed by atoms with Gasteiger partial charge in [-0.3, -0.25) is 4.79 Å². The maximum absolute atomic E-state index is 12.9. The van der Waals surface area contributed by atoms with Crippen molar-refractivity contribution < 1.29 is 18.0 Å². The number of carbonyl (C=O) groups is 1. The second kappa shape index (κ2) is 9.75. The second-order valence-corrected chi connectivity index (χ2v) is 8.46. The highest BCUT2D eigenvalue weighted by atomic mass is 32.1.